The Labute approximate surface area is 91.5 Å². The molecule has 0 aromatic rings. The second-order valence-electron chi connectivity index (χ2n) is 4.09. The summed E-state index contributed by atoms with van der Waals surface area (Å²) in [4.78, 5) is 10.7. The Bertz CT molecular complexity index is 157. The van der Waals surface area contributed by atoms with Gasteiger partial charge < -0.3 is 5.11 Å². The van der Waals surface area contributed by atoms with Gasteiger partial charge in [0.25, 0.3) is 0 Å². The SMILES string of the molecule is CSC(CCCCCC(C)C)C(=O)O. The molecule has 0 heterocycles. The normalized spacial score (nSPS) is 13.1. The summed E-state index contributed by atoms with van der Waals surface area (Å²) in [6, 6.07) is 0. The van der Waals surface area contributed by atoms with Gasteiger partial charge >= 0.3 is 5.97 Å². The molecule has 0 amide bonds. The lowest BCUT2D eigenvalue weighted by Gasteiger charge is -2.09. The number of carboxylic acid groups (broad SMARTS) is 1. The number of aliphatic carboxylic acids is 1. The molecule has 3 heteroatoms. The van der Waals surface area contributed by atoms with E-state index in [-0.39, 0.29) is 5.25 Å². The van der Waals surface area contributed by atoms with E-state index < -0.39 is 5.97 Å². The zero-order valence-corrected chi connectivity index (χ0v) is 10.3. The Morgan fingerprint density at radius 2 is 1.79 bits per heavy atom. The fraction of sp³-hybridized carbons (Fsp3) is 0.909. The molecule has 14 heavy (non-hydrogen) atoms. The zero-order valence-electron chi connectivity index (χ0n) is 9.45. The molecule has 1 atom stereocenters. The number of unbranched alkanes of at least 4 members (excludes halogenated alkanes) is 2. The van der Waals surface area contributed by atoms with Crippen molar-refractivity contribution in [2.75, 3.05) is 6.26 Å². The van der Waals surface area contributed by atoms with Gasteiger partial charge in [-0.25, -0.2) is 0 Å². The highest BCUT2D eigenvalue weighted by molar-refractivity contribution is 7.99. The van der Waals surface area contributed by atoms with E-state index in [1.165, 1.54) is 31.0 Å². The van der Waals surface area contributed by atoms with Crippen LogP contribution in [0, 0.1) is 5.92 Å². The van der Waals surface area contributed by atoms with Crippen LogP contribution < -0.4 is 0 Å². The summed E-state index contributed by atoms with van der Waals surface area (Å²) >= 11 is 1.44. The molecule has 0 aliphatic heterocycles. The minimum atomic E-state index is -0.665. The lowest BCUT2D eigenvalue weighted by atomic mass is 10.0. The predicted molar refractivity (Wildman–Crippen MR) is 62.9 cm³/mol. The van der Waals surface area contributed by atoms with Crippen molar-refractivity contribution in [1.29, 1.82) is 0 Å². The van der Waals surface area contributed by atoms with E-state index in [1.54, 1.807) is 0 Å². The Balaban J connectivity index is 3.38. The van der Waals surface area contributed by atoms with Crippen LogP contribution in [0.5, 0.6) is 0 Å². The molecule has 84 valence electrons. The summed E-state index contributed by atoms with van der Waals surface area (Å²) in [5.74, 6) is 0.104. The molecule has 0 spiro atoms. The first-order valence-electron chi connectivity index (χ1n) is 5.33. The van der Waals surface area contributed by atoms with E-state index in [2.05, 4.69) is 13.8 Å². The van der Waals surface area contributed by atoms with Gasteiger partial charge in [-0.1, -0.05) is 39.5 Å². The van der Waals surface area contributed by atoms with Crippen LogP contribution in [-0.2, 0) is 4.79 Å². The van der Waals surface area contributed by atoms with Gasteiger partial charge in [0, 0.05) is 0 Å². The molecule has 0 fully saturated rings. The molecule has 2 nitrogen and oxygen atoms in total. The maximum Gasteiger partial charge on any atom is 0.316 e. The van der Waals surface area contributed by atoms with Gasteiger partial charge in [0.1, 0.15) is 5.25 Å². The molecule has 0 saturated heterocycles. The van der Waals surface area contributed by atoms with Crippen molar-refractivity contribution in [3.8, 4) is 0 Å². The van der Waals surface area contributed by atoms with Crippen molar-refractivity contribution in [2.45, 2.75) is 51.2 Å². The van der Waals surface area contributed by atoms with E-state index in [9.17, 15) is 4.79 Å². The third kappa shape index (κ3) is 7.25. The van der Waals surface area contributed by atoms with Crippen LogP contribution in [0.1, 0.15) is 46.0 Å². The van der Waals surface area contributed by atoms with Crippen LogP contribution >= 0.6 is 11.8 Å². The number of rotatable bonds is 8. The summed E-state index contributed by atoms with van der Waals surface area (Å²) < 4.78 is 0. The van der Waals surface area contributed by atoms with E-state index in [0.29, 0.717) is 0 Å². The fourth-order valence-corrected chi connectivity index (χ4v) is 2.01. The van der Waals surface area contributed by atoms with Gasteiger partial charge in [-0.2, -0.15) is 11.8 Å². The Morgan fingerprint density at radius 1 is 1.21 bits per heavy atom. The number of hydrogen-bond acceptors (Lipinski definition) is 2. The topological polar surface area (TPSA) is 37.3 Å². The second kappa shape index (κ2) is 8.16. The third-order valence-corrected chi connectivity index (χ3v) is 3.31. The summed E-state index contributed by atoms with van der Waals surface area (Å²) in [7, 11) is 0. The molecule has 0 radical (unpaired) electrons. The quantitative estimate of drug-likeness (QED) is 0.634. The average molecular weight is 218 g/mol. The van der Waals surface area contributed by atoms with Crippen LogP contribution in [-0.4, -0.2) is 22.6 Å². The molecule has 0 aromatic heterocycles. The van der Waals surface area contributed by atoms with Gasteiger partial charge in [0.15, 0.2) is 0 Å². The van der Waals surface area contributed by atoms with Crippen LogP contribution in [0.2, 0.25) is 0 Å². The third-order valence-electron chi connectivity index (χ3n) is 2.31. The van der Waals surface area contributed by atoms with E-state index >= 15 is 0 Å². The van der Waals surface area contributed by atoms with Crippen molar-refractivity contribution in [1.82, 2.24) is 0 Å². The lowest BCUT2D eigenvalue weighted by Crippen LogP contribution is -2.15. The second-order valence-corrected chi connectivity index (χ2v) is 5.13. The first-order valence-corrected chi connectivity index (χ1v) is 6.62. The van der Waals surface area contributed by atoms with Crippen molar-refractivity contribution < 1.29 is 9.90 Å². The smallest absolute Gasteiger partial charge is 0.316 e. The largest absolute Gasteiger partial charge is 0.480 e. The molecule has 0 aliphatic carbocycles. The Hall–Kier alpha value is -0.180. The summed E-state index contributed by atoms with van der Waals surface area (Å²) in [6.07, 6.45) is 7.39. The van der Waals surface area contributed by atoms with Crippen LogP contribution in [0.15, 0.2) is 0 Å². The molecule has 0 saturated carbocycles. The van der Waals surface area contributed by atoms with Crippen molar-refractivity contribution >= 4 is 17.7 Å². The monoisotopic (exact) mass is 218 g/mol. The number of thioether (sulfide) groups is 1. The van der Waals surface area contributed by atoms with Crippen LogP contribution in [0.4, 0.5) is 0 Å². The first kappa shape index (κ1) is 13.8. The summed E-state index contributed by atoms with van der Waals surface area (Å²) in [6.45, 7) is 4.45. The Kier molecular flexibility index (Phi) is 8.05. The maximum absolute atomic E-state index is 10.7. The number of carboxylic acids is 1. The van der Waals surface area contributed by atoms with Crippen LogP contribution in [0.3, 0.4) is 0 Å². The fourth-order valence-electron chi connectivity index (χ4n) is 1.40. The minimum Gasteiger partial charge on any atom is -0.480 e. The lowest BCUT2D eigenvalue weighted by molar-refractivity contribution is -0.136. The van der Waals surface area contributed by atoms with Gasteiger partial charge in [0.05, 0.1) is 0 Å². The van der Waals surface area contributed by atoms with E-state index in [0.717, 1.165) is 18.8 Å². The van der Waals surface area contributed by atoms with E-state index in [4.69, 9.17) is 5.11 Å². The molecule has 0 rings (SSSR count). The van der Waals surface area contributed by atoms with Gasteiger partial charge in [-0.05, 0) is 18.6 Å². The minimum absolute atomic E-state index is 0.200. The summed E-state index contributed by atoms with van der Waals surface area (Å²) in [5.41, 5.74) is 0. The first-order chi connectivity index (χ1) is 6.57. The molecule has 0 bridgehead atoms. The molecular weight excluding hydrogens is 196 g/mol. The van der Waals surface area contributed by atoms with Gasteiger partial charge in [-0.3, -0.25) is 4.79 Å². The van der Waals surface area contributed by atoms with Gasteiger partial charge in [0.2, 0.25) is 0 Å². The highest BCUT2D eigenvalue weighted by Gasteiger charge is 2.14. The summed E-state index contributed by atoms with van der Waals surface area (Å²) in [5, 5.41) is 8.60. The van der Waals surface area contributed by atoms with Gasteiger partial charge in [-0.15, -0.1) is 0 Å². The van der Waals surface area contributed by atoms with Crippen LogP contribution in [0.25, 0.3) is 0 Å². The average Bonchev–Trinajstić information content (AvgIpc) is 2.10. The number of hydrogen-bond donors (Lipinski definition) is 1. The van der Waals surface area contributed by atoms with Crippen molar-refractivity contribution in [2.24, 2.45) is 5.92 Å². The van der Waals surface area contributed by atoms with E-state index in [1.807, 2.05) is 6.26 Å². The predicted octanol–water partition coefficient (Wildman–Crippen LogP) is 3.41. The highest BCUT2D eigenvalue weighted by Crippen LogP contribution is 2.16. The molecule has 0 aliphatic rings. The highest BCUT2D eigenvalue weighted by atomic mass is 32.2. The Morgan fingerprint density at radius 3 is 2.21 bits per heavy atom. The molecule has 0 aromatic carbocycles. The van der Waals surface area contributed by atoms with Crippen molar-refractivity contribution in [3.63, 3.8) is 0 Å². The maximum atomic E-state index is 10.7. The molecular formula is C11H22O2S. The van der Waals surface area contributed by atoms with Crippen molar-refractivity contribution in [3.05, 3.63) is 0 Å². The standard InChI is InChI=1S/C11H22O2S/c1-9(2)7-5-4-6-8-10(14-3)11(12)13/h9-10H,4-8H2,1-3H3,(H,12,13). The zero-order chi connectivity index (χ0) is 11.0. The number of carbonyl (C=O) groups is 1. The molecule has 1 N–H and O–H groups in total. The molecule has 1 unspecified atom stereocenters.